The topological polar surface area (TPSA) is 51.7 Å². The van der Waals surface area contributed by atoms with Crippen LogP contribution in [0.3, 0.4) is 0 Å². The summed E-state index contributed by atoms with van der Waals surface area (Å²) in [6, 6.07) is 11.6. The average Bonchev–Trinajstić information content (AvgIpc) is 3.20. The molecule has 0 bridgehead atoms. The smallest absolute Gasteiger partial charge is 0.254 e. The van der Waals surface area contributed by atoms with E-state index >= 15 is 0 Å². The third-order valence-corrected chi connectivity index (χ3v) is 4.97. The highest BCUT2D eigenvalue weighted by Gasteiger charge is 2.25. The number of carbonyl (C=O) groups is 1. The van der Waals surface area contributed by atoms with Gasteiger partial charge in [0.25, 0.3) is 5.91 Å². The fourth-order valence-corrected chi connectivity index (χ4v) is 3.62. The molecule has 5 nitrogen and oxygen atoms in total. The largest absolute Gasteiger partial charge is 0.493 e. The minimum atomic E-state index is 0.0273. The highest BCUT2D eigenvalue weighted by molar-refractivity contribution is 5.94. The second-order valence-corrected chi connectivity index (χ2v) is 6.92. The molecule has 2 aliphatic heterocycles. The fraction of sp³-hybridized carbons (Fsp3) is 0.429. The molecule has 26 heavy (non-hydrogen) atoms. The lowest BCUT2D eigenvalue weighted by Gasteiger charge is -2.26. The first-order valence-corrected chi connectivity index (χ1v) is 9.36. The fourth-order valence-electron chi connectivity index (χ4n) is 3.62. The highest BCUT2D eigenvalue weighted by atomic mass is 16.5. The van der Waals surface area contributed by atoms with Crippen molar-refractivity contribution < 1.29 is 14.3 Å². The van der Waals surface area contributed by atoms with Crippen molar-refractivity contribution in [1.82, 2.24) is 9.88 Å². The summed E-state index contributed by atoms with van der Waals surface area (Å²) in [4.78, 5) is 19.5. The van der Waals surface area contributed by atoms with Gasteiger partial charge < -0.3 is 14.4 Å². The third-order valence-electron chi connectivity index (χ3n) is 4.97. The molecule has 2 aliphatic rings. The van der Waals surface area contributed by atoms with Crippen molar-refractivity contribution in [3.05, 3.63) is 59.4 Å². The Balaban J connectivity index is 1.56. The van der Waals surface area contributed by atoms with Crippen LogP contribution in [0.5, 0.6) is 5.75 Å². The number of carbonyl (C=O) groups excluding carboxylic acids is 1. The lowest BCUT2D eigenvalue weighted by molar-refractivity contribution is 0.0504. The van der Waals surface area contributed by atoms with Crippen LogP contribution in [0.2, 0.25) is 0 Å². The molecule has 0 N–H and O–H groups in total. The maximum absolute atomic E-state index is 13.2. The van der Waals surface area contributed by atoms with Gasteiger partial charge in [0.2, 0.25) is 0 Å². The van der Waals surface area contributed by atoms with Crippen LogP contribution in [0.15, 0.2) is 42.6 Å². The molecule has 0 radical (unpaired) electrons. The Morgan fingerprint density at radius 3 is 2.96 bits per heavy atom. The molecule has 1 aromatic heterocycles. The van der Waals surface area contributed by atoms with Gasteiger partial charge in [0.1, 0.15) is 5.75 Å². The second kappa shape index (κ2) is 7.87. The number of benzene rings is 1. The summed E-state index contributed by atoms with van der Waals surface area (Å²) in [5.41, 5.74) is 2.72. The lowest BCUT2D eigenvalue weighted by atomic mass is 10.0. The van der Waals surface area contributed by atoms with E-state index in [2.05, 4.69) is 4.98 Å². The summed E-state index contributed by atoms with van der Waals surface area (Å²) in [5.74, 6) is 0.933. The van der Waals surface area contributed by atoms with Crippen molar-refractivity contribution >= 4 is 5.91 Å². The maximum atomic E-state index is 13.2. The summed E-state index contributed by atoms with van der Waals surface area (Å²) < 4.78 is 11.4. The molecule has 0 unspecified atom stereocenters. The van der Waals surface area contributed by atoms with Gasteiger partial charge in [0.05, 0.1) is 24.9 Å². The SMILES string of the molecule is O=C(c1ccc2c(c1)CCCO2)N(Cc1ccccn1)C[C@@H]1CCCO1. The zero-order valence-corrected chi connectivity index (χ0v) is 14.9. The molecule has 0 saturated carbocycles. The predicted octanol–water partition coefficient (Wildman–Crippen LogP) is 3.23. The first-order valence-electron chi connectivity index (χ1n) is 9.36. The molecule has 5 heteroatoms. The number of aryl methyl sites for hydroxylation is 1. The average molecular weight is 352 g/mol. The molecule has 0 aliphatic carbocycles. The molecule has 1 saturated heterocycles. The van der Waals surface area contributed by atoms with Crippen molar-refractivity contribution in [2.24, 2.45) is 0 Å². The Kier molecular flexibility index (Phi) is 5.16. The molecule has 3 heterocycles. The van der Waals surface area contributed by atoms with Crippen molar-refractivity contribution in [2.45, 2.75) is 38.3 Å². The number of fused-ring (bicyclic) bond motifs is 1. The van der Waals surface area contributed by atoms with Gasteiger partial charge in [-0.2, -0.15) is 0 Å². The molecule has 2 aromatic rings. The number of amides is 1. The van der Waals surface area contributed by atoms with Crippen molar-refractivity contribution in [1.29, 1.82) is 0 Å². The van der Waals surface area contributed by atoms with Crippen LogP contribution in [0.1, 0.15) is 40.9 Å². The number of hydrogen-bond donors (Lipinski definition) is 0. The van der Waals surface area contributed by atoms with Gasteiger partial charge in [-0.3, -0.25) is 9.78 Å². The Morgan fingerprint density at radius 2 is 2.15 bits per heavy atom. The van der Waals surface area contributed by atoms with E-state index in [0.29, 0.717) is 18.7 Å². The van der Waals surface area contributed by atoms with Gasteiger partial charge in [-0.15, -0.1) is 0 Å². The van der Waals surface area contributed by atoms with Crippen LogP contribution in [0, 0.1) is 0 Å². The van der Waals surface area contributed by atoms with E-state index in [9.17, 15) is 4.79 Å². The Hall–Kier alpha value is -2.40. The van der Waals surface area contributed by atoms with Gasteiger partial charge in [0.15, 0.2) is 0 Å². The standard InChI is InChI=1S/C21H24N2O3/c24-21(17-8-9-20-16(13-17)5-3-12-26-20)23(15-19-7-4-11-25-19)14-18-6-1-2-10-22-18/h1-2,6,8-10,13,19H,3-5,7,11-12,14-15H2/t19-/m0/s1. The van der Waals surface area contributed by atoms with Crippen LogP contribution >= 0.6 is 0 Å². The lowest BCUT2D eigenvalue weighted by Crippen LogP contribution is -2.37. The number of hydrogen-bond acceptors (Lipinski definition) is 4. The first kappa shape index (κ1) is 17.0. The van der Waals surface area contributed by atoms with Crippen LogP contribution < -0.4 is 4.74 Å². The minimum Gasteiger partial charge on any atom is -0.493 e. The molecule has 1 atom stereocenters. The monoisotopic (exact) mass is 352 g/mol. The molecular formula is C21H24N2O3. The van der Waals surface area contributed by atoms with E-state index in [1.807, 2.05) is 41.3 Å². The van der Waals surface area contributed by atoms with E-state index in [1.165, 1.54) is 0 Å². The summed E-state index contributed by atoms with van der Waals surface area (Å²) >= 11 is 0. The van der Waals surface area contributed by atoms with Crippen LogP contribution in [0.25, 0.3) is 0 Å². The van der Waals surface area contributed by atoms with Crippen molar-refractivity contribution in [3.8, 4) is 5.75 Å². The van der Waals surface area contributed by atoms with E-state index in [4.69, 9.17) is 9.47 Å². The first-order chi connectivity index (χ1) is 12.8. The molecule has 1 aromatic carbocycles. The van der Waals surface area contributed by atoms with E-state index in [-0.39, 0.29) is 12.0 Å². The van der Waals surface area contributed by atoms with Crippen LogP contribution in [-0.4, -0.2) is 41.7 Å². The van der Waals surface area contributed by atoms with Gasteiger partial charge in [-0.1, -0.05) is 6.07 Å². The molecule has 136 valence electrons. The number of nitrogens with zero attached hydrogens (tertiary/aromatic N) is 2. The number of rotatable bonds is 5. The molecule has 4 rings (SSSR count). The number of pyridine rings is 1. The van der Waals surface area contributed by atoms with E-state index in [0.717, 1.165) is 55.9 Å². The van der Waals surface area contributed by atoms with E-state index < -0.39 is 0 Å². The van der Waals surface area contributed by atoms with Gasteiger partial charge in [-0.05, 0) is 61.6 Å². The summed E-state index contributed by atoms with van der Waals surface area (Å²) in [6.45, 7) is 2.63. The maximum Gasteiger partial charge on any atom is 0.254 e. The Bertz CT molecular complexity index is 757. The molecular weight excluding hydrogens is 328 g/mol. The summed E-state index contributed by atoms with van der Waals surface area (Å²) in [5, 5.41) is 0. The number of ether oxygens (including phenoxy) is 2. The quantitative estimate of drug-likeness (QED) is 0.829. The van der Waals surface area contributed by atoms with Crippen molar-refractivity contribution in [2.75, 3.05) is 19.8 Å². The zero-order chi connectivity index (χ0) is 17.8. The third kappa shape index (κ3) is 3.88. The normalized spacial score (nSPS) is 18.8. The van der Waals surface area contributed by atoms with E-state index in [1.54, 1.807) is 6.20 Å². The summed E-state index contributed by atoms with van der Waals surface area (Å²) in [7, 11) is 0. The van der Waals surface area contributed by atoms with Gasteiger partial charge in [0, 0.05) is 24.9 Å². The zero-order valence-electron chi connectivity index (χ0n) is 14.9. The second-order valence-electron chi connectivity index (χ2n) is 6.92. The molecule has 1 fully saturated rings. The minimum absolute atomic E-state index is 0.0273. The summed E-state index contributed by atoms with van der Waals surface area (Å²) in [6.07, 6.45) is 5.90. The van der Waals surface area contributed by atoms with Gasteiger partial charge >= 0.3 is 0 Å². The Morgan fingerprint density at radius 1 is 1.19 bits per heavy atom. The highest BCUT2D eigenvalue weighted by Crippen LogP contribution is 2.26. The van der Waals surface area contributed by atoms with Crippen LogP contribution in [0.4, 0.5) is 0 Å². The number of aromatic nitrogens is 1. The predicted molar refractivity (Wildman–Crippen MR) is 98.2 cm³/mol. The molecule has 1 amide bonds. The van der Waals surface area contributed by atoms with Crippen molar-refractivity contribution in [3.63, 3.8) is 0 Å². The van der Waals surface area contributed by atoms with Crippen LogP contribution in [-0.2, 0) is 17.7 Å². The molecule has 0 spiro atoms. The van der Waals surface area contributed by atoms with Gasteiger partial charge in [-0.25, -0.2) is 0 Å². The Labute approximate surface area is 153 Å².